The van der Waals surface area contributed by atoms with Crippen LogP contribution in [-0.2, 0) is 0 Å². The molecule has 4 nitrogen and oxygen atoms in total. The molecular weight excluding hydrogens is 400 g/mol. The minimum absolute atomic E-state index is 0.0459. The van der Waals surface area contributed by atoms with Gasteiger partial charge in [-0.1, -0.05) is 66.7 Å². The summed E-state index contributed by atoms with van der Waals surface area (Å²) in [6.45, 7) is 0. The fourth-order valence-corrected chi connectivity index (χ4v) is 4.75. The minimum atomic E-state index is -0.320. The molecule has 158 valence electrons. The minimum Gasteiger partial charge on any atom is -0.497 e. The van der Waals surface area contributed by atoms with Crippen LogP contribution in [0.15, 0.2) is 83.7 Å². The van der Waals surface area contributed by atoms with E-state index in [2.05, 4.69) is 0 Å². The zero-order valence-corrected chi connectivity index (χ0v) is 17.9. The maximum atomic E-state index is 13.9. The van der Waals surface area contributed by atoms with E-state index in [1.165, 1.54) is 0 Å². The molecule has 0 N–H and O–H groups in total. The molecule has 1 atom stereocenters. The van der Waals surface area contributed by atoms with Crippen molar-refractivity contribution in [3.63, 3.8) is 0 Å². The summed E-state index contributed by atoms with van der Waals surface area (Å²) in [5.41, 5.74) is 3.34. The Morgan fingerprint density at radius 3 is 2.03 bits per heavy atom. The van der Waals surface area contributed by atoms with Gasteiger partial charge in [-0.15, -0.1) is 0 Å². The lowest BCUT2D eigenvalue weighted by Gasteiger charge is -2.11. The number of Topliss-reactive ketones (excluding diaryl/α,β-unsaturated/α-hetero) is 1. The molecule has 1 aliphatic rings. The number of benzene rings is 3. The van der Waals surface area contributed by atoms with E-state index in [0.717, 1.165) is 16.9 Å². The number of hydrogen-bond acceptors (Lipinski definition) is 4. The first-order valence-corrected chi connectivity index (χ1v) is 10.5. The van der Waals surface area contributed by atoms with Gasteiger partial charge in [-0.05, 0) is 23.3 Å². The molecule has 0 saturated carbocycles. The van der Waals surface area contributed by atoms with Crippen LogP contribution < -0.4 is 14.9 Å². The SMILES string of the molecule is COc1ccc([C@@H]2CC(=O)c3c(-c4ccccc4)c(OC)c4ccccc4c(=O)c32)cc1. The van der Waals surface area contributed by atoms with Crippen LogP contribution in [0.5, 0.6) is 11.5 Å². The number of carbonyl (C=O) groups excluding carboxylic acids is 1. The highest BCUT2D eigenvalue weighted by atomic mass is 16.5. The van der Waals surface area contributed by atoms with Gasteiger partial charge in [-0.2, -0.15) is 0 Å². The fourth-order valence-electron chi connectivity index (χ4n) is 4.75. The third kappa shape index (κ3) is 3.07. The van der Waals surface area contributed by atoms with Gasteiger partial charge in [-0.3, -0.25) is 9.59 Å². The Labute approximate surface area is 186 Å². The number of ether oxygens (including phenoxy) is 2. The third-order valence-electron chi connectivity index (χ3n) is 6.21. The van der Waals surface area contributed by atoms with Crippen molar-refractivity contribution in [2.24, 2.45) is 0 Å². The van der Waals surface area contributed by atoms with E-state index in [0.29, 0.717) is 33.2 Å². The Balaban J connectivity index is 1.93. The normalized spacial score (nSPS) is 14.9. The van der Waals surface area contributed by atoms with E-state index in [4.69, 9.17) is 9.47 Å². The lowest BCUT2D eigenvalue weighted by Crippen LogP contribution is -2.10. The van der Waals surface area contributed by atoms with E-state index >= 15 is 0 Å². The lowest BCUT2D eigenvalue weighted by molar-refractivity contribution is 0.0991. The molecule has 0 bridgehead atoms. The Kier molecular flexibility index (Phi) is 4.98. The second-order valence-electron chi connectivity index (χ2n) is 7.89. The molecule has 4 aromatic rings. The van der Waals surface area contributed by atoms with Crippen LogP contribution in [0, 0.1) is 0 Å². The lowest BCUT2D eigenvalue weighted by atomic mass is 9.92. The average molecular weight is 422 g/mol. The van der Waals surface area contributed by atoms with Gasteiger partial charge in [0, 0.05) is 39.8 Å². The molecule has 0 spiro atoms. The molecule has 4 aromatic carbocycles. The topological polar surface area (TPSA) is 52.6 Å². The smallest absolute Gasteiger partial charge is 0.191 e. The van der Waals surface area contributed by atoms with Crippen LogP contribution in [0.1, 0.15) is 33.8 Å². The van der Waals surface area contributed by atoms with Gasteiger partial charge in [0.05, 0.1) is 14.2 Å². The average Bonchev–Trinajstić information content (AvgIpc) is 3.13. The van der Waals surface area contributed by atoms with Crippen LogP contribution >= 0.6 is 0 Å². The first kappa shape index (κ1) is 20.0. The Morgan fingerprint density at radius 1 is 0.719 bits per heavy atom. The molecule has 0 fully saturated rings. The van der Waals surface area contributed by atoms with Crippen molar-refractivity contribution in [2.45, 2.75) is 12.3 Å². The highest BCUT2D eigenvalue weighted by Gasteiger charge is 2.37. The van der Waals surface area contributed by atoms with Gasteiger partial charge in [0.1, 0.15) is 11.5 Å². The Hall–Kier alpha value is -3.92. The molecule has 0 unspecified atom stereocenters. The summed E-state index contributed by atoms with van der Waals surface area (Å²) in [5.74, 6) is 0.916. The van der Waals surface area contributed by atoms with Crippen molar-refractivity contribution in [2.75, 3.05) is 14.2 Å². The number of carbonyl (C=O) groups is 1. The van der Waals surface area contributed by atoms with Gasteiger partial charge >= 0.3 is 0 Å². The maximum Gasteiger partial charge on any atom is 0.191 e. The summed E-state index contributed by atoms with van der Waals surface area (Å²) in [7, 11) is 3.20. The van der Waals surface area contributed by atoms with Crippen molar-refractivity contribution in [3.8, 4) is 22.6 Å². The molecule has 0 aliphatic heterocycles. The van der Waals surface area contributed by atoms with E-state index < -0.39 is 0 Å². The summed E-state index contributed by atoms with van der Waals surface area (Å²) in [6, 6.07) is 24.7. The van der Waals surface area contributed by atoms with Crippen molar-refractivity contribution in [1.29, 1.82) is 0 Å². The molecule has 1 aliphatic carbocycles. The summed E-state index contributed by atoms with van der Waals surface area (Å²) in [6.07, 6.45) is 0.248. The highest BCUT2D eigenvalue weighted by molar-refractivity contribution is 6.11. The van der Waals surface area contributed by atoms with Crippen molar-refractivity contribution in [1.82, 2.24) is 0 Å². The summed E-state index contributed by atoms with van der Waals surface area (Å²) >= 11 is 0. The van der Waals surface area contributed by atoms with E-state index in [1.807, 2.05) is 78.9 Å². The van der Waals surface area contributed by atoms with Crippen molar-refractivity contribution >= 4 is 16.6 Å². The summed E-state index contributed by atoms with van der Waals surface area (Å²) < 4.78 is 11.1. The van der Waals surface area contributed by atoms with E-state index in [1.54, 1.807) is 14.2 Å². The number of hydrogen-bond donors (Lipinski definition) is 0. The number of fused-ring (bicyclic) bond motifs is 2. The van der Waals surface area contributed by atoms with Gasteiger partial charge in [0.2, 0.25) is 0 Å². The summed E-state index contributed by atoms with van der Waals surface area (Å²) in [4.78, 5) is 27.4. The second kappa shape index (κ2) is 7.97. The van der Waals surface area contributed by atoms with Crippen LogP contribution in [0.4, 0.5) is 0 Å². The Morgan fingerprint density at radius 2 is 1.38 bits per heavy atom. The number of methoxy groups -OCH3 is 2. The van der Waals surface area contributed by atoms with E-state index in [9.17, 15) is 9.59 Å². The first-order chi connectivity index (χ1) is 15.6. The van der Waals surface area contributed by atoms with Crippen LogP contribution in [-0.4, -0.2) is 20.0 Å². The first-order valence-electron chi connectivity index (χ1n) is 10.5. The quantitative estimate of drug-likeness (QED) is 0.429. The van der Waals surface area contributed by atoms with Gasteiger partial charge in [0.15, 0.2) is 11.2 Å². The van der Waals surface area contributed by atoms with Gasteiger partial charge in [-0.25, -0.2) is 0 Å². The highest BCUT2D eigenvalue weighted by Crippen LogP contribution is 2.46. The largest absolute Gasteiger partial charge is 0.497 e. The third-order valence-corrected chi connectivity index (χ3v) is 6.21. The molecule has 0 radical (unpaired) electrons. The molecule has 0 heterocycles. The summed E-state index contributed by atoms with van der Waals surface area (Å²) in [5, 5.41) is 1.26. The fraction of sp³-hybridized carbons (Fsp3) is 0.143. The van der Waals surface area contributed by atoms with Crippen LogP contribution in [0.3, 0.4) is 0 Å². The maximum absolute atomic E-state index is 13.9. The Bertz CT molecular complexity index is 1390. The van der Waals surface area contributed by atoms with Crippen molar-refractivity contribution < 1.29 is 14.3 Å². The molecule has 32 heavy (non-hydrogen) atoms. The molecule has 4 heteroatoms. The van der Waals surface area contributed by atoms with E-state index in [-0.39, 0.29) is 23.6 Å². The molecule has 0 saturated heterocycles. The van der Waals surface area contributed by atoms with Crippen molar-refractivity contribution in [3.05, 3.63) is 106 Å². The second-order valence-corrected chi connectivity index (χ2v) is 7.89. The molecular formula is C28H22O4. The number of rotatable bonds is 4. The zero-order valence-electron chi connectivity index (χ0n) is 17.9. The zero-order chi connectivity index (χ0) is 22.2. The number of ketones is 1. The van der Waals surface area contributed by atoms with Gasteiger partial charge < -0.3 is 9.47 Å². The van der Waals surface area contributed by atoms with Crippen LogP contribution in [0.2, 0.25) is 0 Å². The standard InChI is InChI=1S/C28H22O4/c1-31-19-14-12-17(13-15-19)22-16-23(29)26-24(18-8-4-3-5-9-18)28(32-2)21-11-7-6-10-20(21)27(30)25(22)26/h3-15,22H,16H2,1-2H3/t22-/m0/s1. The molecule has 0 aromatic heterocycles. The van der Waals surface area contributed by atoms with Gasteiger partial charge in [0.25, 0.3) is 0 Å². The van der Waals surface area contributed by atoms with Crippen LogP contribution in [0.25, 0.3) is 21.9 Å². The predicted octanol–water partition coefficient (Wildman–Crippen LogP) is 5.60. The molecule has 5 rings (SSSR count). The monoisotopic (exact) mass is 422 g/mol. The molecule has 0 amide bonds. The predicted molar refractivity (Wildman–Crippen MR) is 126 cm³/mol.